The number of piperidine rings is 1. The quantitative estimate of drug-likeness (QED) is 0.411. The number of hydrogen-bond donors (Lipinski definition) is 2. The second-order valence-electron chi connectivity index (χ2n) is 9.97. The van der Waals surface area contributed by atoms with Crippen LogP contribution in [0.25, 0.3) is 23.4 Å². The minimum absolute atomic E-state index is 0.118. The molecule has 1 saturated heterocycles. The predicted octanol–water partition coefficient (Wildman–Crippen LogP) is 3.99. The van der Waals surface area contributed by atoms with Crippen molar-refractivity contribution in [2.45, 2.75) is 38.1 Å². The minimum atomic E-state index is -0.319. The number of benzene rings is 1. The van der Waals surface area contributed by atoms with E-state index in [0.717, 1.165) is 42.2 Å². The van der Waals surface area contributed by atoms with Crippen LogP contribution in [0.3, 0.4) is 0 Å². The zero-order valence-electron chi connectivity index (χ0n) is 21.0. The van der Waals surface area contributed by atoms with Crippen molar-refractivity contribution in [2.24, 2.45) is 0 Å². The van der Waals surface area contributed by atoms with Gasteiger partial charge in [0, 0.05) is 35.6 Å². The first-order valence-corrected chi connectivity index (χ1v) is 13.1. The SMILES string of the molecule is O=C(Nc1ccc(-c2cccc(F)c2)nc1)c1n[nH]c2c1=CC(c1cncc(CN3CCCCC3)c1)CC=2. The Morgan fingerprint density at radius 3 is 2.79 bits per heavy atom. The number of nitrogens with one attached hydrogen (secondary N) is 2. The summed E-state index contributed by atoms with van der Waals surface area (Å²) in [6.07, 6.45) is 14.3. The molecule has 38 heavy (non-hydrogen) atoms. The van der Waals surface area contributed by atoms with E-state index in [9.17, 15) is 9.18 Å². The van der Waals surface area contributed by atoms with Gasteiger partial charge in [-0.3, -0.25) is 24.8 Å². The largest absolute Gasteiger partial charge is 0.319 e. The Morgan fingerprint density at radius 2 is 1.97 bits per heavy atom. The second kappa shape index (κ2) is 10.7. The third-order valence-electron chi connectivity index (χ3n) is 7.23. The number of likely N-dealkylation sites (tertiary alicyclic amines) is 1. The number of aromatic nitrogens is 4. The lowest BCUT2D eigenvalue weighted by Gasteiger charge is -2.26. The molecule has 192 valence electrons. The van der Waals surface area contributed by atoms with Crippen LogP contribution in [0.2, 0.25) is 0 Å². The molecule has 6 rings (SSSR count). The molecule has 1 atom stereocenters. The minimum Gasteiger partial charge on any atom is -0.319 e. The Labute approximate surface area is 220 Å². The summed E-state index contributed by atoms with van der Waals surface area (Å²) in [6.45, 7) is 3.22. The van der Waals surface area contributed by atoms with Crippen LogP contribution in [0.1, 0.15) is 53.2 Å². The third kappa shape index (κ3) is 5.26. The molecule has 1 fully saturated rings. The lowest BCUT2D eigenvalue weighted by molar-refractivity contribution is 0.102. The molecule has 0 radical (unpaired) electrons. The van der Waals surface area contributed by atoms with Gasteiger partial charge in [0.15, 0.2) is 5.69 Å². The number of fused-ring (bicyclic) bond motifs is 1. The lowest BCUT2D eigenvalue weighted by Crippen LogP contribution is -2.32. The standard InChI is InChI=1S/C30H29FN6O/c31-24-6-4-5-22(14-24)27-10-8-25(18-33-27)34-30(38)29-26-15-21(7-9-28(26)35-36-29)23-13-20(16-32-17-23)19-37-11-2-1-3-12-37/h4-6,8-10,13-18,21,35H,1-3,7,11-12,19H2,(H,34,38). The molecule has 4 aromatic rings. The van der Waals surface area contributed by atoms with Crippen molar-refractivity contribution in [3.63, 3.8) is 0 Å². The molecule has 1 unspecified atom stereocenters. The van der Waals surface area contributed by atoms with Crippen LogP contribution in [0.4, 0.5) is 10.1 Å². The van der Waals surface area contributed by atoms with Crippen LogP contribution in [-0.4, -0.2) is 44.1 Å². The Bertz CT molecular complexity index is 1570. The monoisotopic (exact) mass is 508 g/mol. The Hall–Kier alpha value is -4.17. The number of amides is 1. The average Bonchev–Trinajstić information content (AvgIpc) is 3.38. The van der Waals surface area contributed by atoms with E-state index in [1.165, 1.54) is 37.0 Å². The Morgan fingerprint density at radius 1 is 1.08 bits per heavy atom. The smallest absolute Gasteiger partial charge is 0.276 e. The number of hydrogen-bond acceptors (Lipinski definition) is 5. The molecule has 1 amide bonds. The first-order valence-electron chi connectivity index (χ1n) is 13.1. The van der Waals surface area contributed by atoms with Crippen LogP contribution in [0.15, 0.2) is 61.1 Å². The fourth-order valence-corrected chi connectivity index (χ4v) is 5.26. The lowest BCUT2D eigenvalue weighted by atomic mass is 9.92. The third-order valence-corrected chi connectivity index (χ3v) is 7.23. The number of rotatable bonds is 6. The number of carbonyl (C=O) groups is 1. The molecule has 7 nitrogen and oxygen atoms in total. The number of aromatic amines is 1. The van der Waals surface area contributed by atoms with Crippen LogP contribution in [0, 0.1) is 5.82 Å². The first-order chi connectivity index (χ1) is 18.6. The number of carbonyl (C=O) groups excluding carboxylic acids is 1. The van der Waals surface area contributed by atoms with E-state index >= 15 is 0 Å². The van der Waals surface area contributed by atoms with E-state index in [1.54, 1.807) is 30.5 Å². The van der Waals surface area contributed by atoms with Gasteiger partial charge in [-0.2, -0.15) is 5.10 Å². The van der Waals surface area contributed by atoms with Gasteiger partial charge in [-0.25, -0.2) is 4.39 Å². The summed E-state index contributed by atoms with van der Waals surface area (Å²) in [7, 11) is 0. The van der Waals surface area contributed by atoms with Crippen molar-refractivity contribution in [1.29, 1.82) is 0 Å². The van der Waals surface area contributed by atoms with E-state index < -0.39 is 0 Å². The fraction of sp³-hybridized carbons (Fsp3) is 0.267. The molecule has 2 aliphatic rings. The topological polar surface area (TPSA) is 86.8 Å². The van der Waals surface area contributed by atoms with Gasteiger partial charge in [-0.1, -0.05) is 36.8 Å². The van der Waals surface area contributed by atoms with Gasteiger partial charge in [0.1, 0.15) is 5.82 Å². The zero-order chi connectivity index (χ0) is 25.9. The van der Waals surface area contributed by atoms with Gasteiger partial charge >= 0.3 is 0 Å². The van der Waals surface area contributed by atoms with Crippen LogP contribution < -0.4 is 15.9 Å². The molecular weight excluding hydrogens is 479 g/mol. The van der Waals surface area contributed by atoms with Crippen molar-refractivity contribution in [1.82, 2.24) is 25.1 Å². The summed E-state index contributed by atoms with van der Waals surface area (Å²) in [5, 5.41) is 11.8. The summed E-state index contributed by atoms with van der Waals surface area (Å²) in [6, 6.07) is 12.0. The fourth-order valence-electron chi connectivity index (χ4n) is 5.26. The highest BCUT2D eigenvalue weighted by Gasteiger charge is 2.19. The van der Waals surface area contributed by atoms with E-state index in [2.05, 4.69) is 48.6 Å². The van der Waals surface area contributed by atoms with E-state index in [-0.39, 0.29) is 17.6 Å². The van der Waals surface area contributed by atoms with Crippen LogP contribution in [0.5, 0.6) is 0 Å². The molecule has 3 aromatic heterocycles. The van der Waals surface area contributed by atoms with E-state index in [4.69, 9.17) is 0 Å². The average molecular weight is 509 g/mol. The number of anilines is 1. The summed E-state index contributed by atoms with van der Waals surface area (Å²) < 4.78 is 13.5. The van der Waals surface area contributed by atoms with Gasteiger partial charge in [0.05, 0.1) is 22.9 Å². The Balaban J connectivity index is 1.19. The van der Waals surface area contributed by atoms with Crippen molar-refractivity contribution >= 4 is 23.7 Å². The molecule has 1 aliphatic heterocycles. The van der Waals surface area contributed by atoms with Crippen molar-refractivity contribution < 1.29 is 9.18 Å². The number of nitrogens with zero attached hydrogens (tertiary/aromatic N) is 4. The van der Waals surface area contributed by atoms with Crippen molar-refractivity contribution in [3.8, 4) is 11.3 Å². The molecule has 0 spiro atoms. The highest BCUT2D eigenvalue weighted by Crippen LogP contribution is 2.24. The summed E-state index contributed by atoms with van der Waals surface area (Å²) in [4.78, 5) is 24.5. The summed E-state index contributed by atoms with van der Waals surface area (Å²) in [5.41, 5.74) is 4.55. The van der Waals surface area contributed by atoms with Gasteiger partial charge < -0.3 is 5.32 Å². The molecule has 4 heterocycles. The van der Waals surface area contributed by atoms with Gasteiger partial charge in [0.2, 0.25) is 0 Å². The predicted molar refractivity (Wildman–Crippen MR) is 145 cm³/mol. The summed E-state index contributed by atoms with van der Waals surface area (Å²) >= 11 is 0. The van der Waals surface area contributed by atoms with E-state index in [1.807, 2.05) is 12.4 Å². The molecule has 1 aliphatic carbocycles. The Kier molecular flexibility index (Phi) is 6.79. The maximum atomic E-state index is 13.5. The summed E-state index contributed by atoms with van der Waals surface area (Å²) in [5.74, 6) is -0.515. The van der Waals surface area contributed by atoms with Gasteiger partial charge in [0.25, 0.3) is 5.91 Å². The normalized spacial score (nSPS) is 17.2. The van der Waals surface area contributed by atoms with Crippen LogP contribution in [-0.2, 0) is 6.54 Å². The van der Waals surface area contributed by atoms with Gasteiger partial charge in [-0.05, 0) is 67.7 Å². The highest BCUT2D eigenvalue weighted by molar-refractivity contribution is 6.03. The highest BCUT2D eigenvalue weighted by atomic mass is 19.1. The van der Waals surface area contributed by atoms with E-state index in [0.29, 0.717) is 22.6 Å². The van der Waals surface area contributed by atoms with Crippen molar-refractivity contribution in [2.75, 3.05) is 18.4 Å². The molecule has 0 bridgehead atoms. The number of halogens is 1. The maximum Gasteiger partial charge on any atom is 0.276 e. The molecular formula is C30H29FN6O. The molecule has 2 N–H and O–H groups in total. The molecule has 1 aromatic carbocycles. The first kappa shape index (κ1) is 24.2. The maximum absolute atomic E-state index is 13.5. The molecule has 0 saturated carbocycles. The number of H-pyrrole nitrogens is 1. The van der Waals surface area contributed by atoms with Crippen molar-refractivity contribution in [3.05, 3.63) is 94.3 Å². The second-order valence-corrected chi connectivity index (χ2v) is 9.97. The van der Waals surface area contributed by atoms with Crippen LogP contribution >= 0.6 is 0 Å². The number of pyridine rings is 2. The zero-order valence-corrected chi connectivity index (χ0v) is 21.0. The molecule has 8 heteroatoms. The van der Waals surface area contributed by atoms with Gasteiger partial charge in [-0.15, -0.1) is 0 Å².